The highest BCUT2D eigenvalue weighted by molar-refractivity contribution is 5.99. The van der Waals surface area contributed by atoms with Crippen molar-refractivity contribution in [3.05, 3.63) is 24.3 Å². The van der Waals surface area contributed by atoms with Crippen LogP contribution in [0.25, 0.3) is 0 Å². The molecule has 1 unspecified atom stereocenters. The monoisotopic (exact) mass is 219 g/mol. The molecule has 3 heteroatoms. The molecule has 86 valence electrons. The number of hydrogen-bond acceptors (Lipinski definition) is 2. The van der Waals surface area contributed by atoms with Gasteiger partial charge in [-0.15, -0.1) is 0 Å². The third-order valence-corrected chi connectivity index (χ3v) is 2.81. The van der Waals surface area contributed by atoms with Crippen molar-refractivity contribution in [3.63, 3.8) is 0 Å². The molecule has 0 saturated heterocycles. The number of carbonyl (C=O) groups excluding carboxylic acids is 1. The van der Waals surface area contributed by atoms with Crippen LogP contribution in [0, 0.1) is 5.41 Å². The van der Waals surface area contributed by atoms with Crippen LogP contribution in [-0.4, -0.2) is 19.1 Å². The highest BCUT2D eigenvalue weighted by Crippen LogP contribution is 2.37. The molecule has 1 aliphatic rings. The summed E-state index contributed by atoms with van der Waals surface area (Å²) in [6.07, 6.45) is -0.410. The van der Waals surface area contributed by atoms with Crippen LogP contribution in [0.15, 0.2) is 24.3 Å². The predicted molar refractivity (Wildman–Crippen MR) is 63.7 cm³/mol. The number of rotatable bonds is 0. The predicted octanol–water partition coefficient (Wildman–Crippen LogP) is 2.46. The van der Waals surface area contributed by atoms with Crippen LogP contribution in [0.4, 0.5) is 5.69 Å². The zero-order valence-corrected chi connectivity index (χ0v) is 10.2. The van der Waals surface area contributed by atoms with Gasteiger partial charge in [-0.25, -0.2) is 0 Å². The molecule has 1 amide bonds. The van der Waals surface area contributed by atoms with Crippen LogP contribution in [-0.2, 0) is 4.79 Å². The molecule has 16 heavy (non-hydrogen) atoms. The van der Waals surface area contributed by atoms with E-state index in [1.165, 1.54) is 0 Å². The summed E-state index contributed by atoms with van der Waals surface area (Å²) in [4.78, 5) is 13.8. The highest BCUT2D eigenvalue weighted by Gasteiger charge is 2.39. The van der Waals surface area contributed by atoms with E-state index in [1.54, 1.807) is 11.9 Å². The summed E-state index contributed by atoms with van der Waals surface area (Å²) < 4.78 is 5.79. The molecule has 2 rings (SSSR count). The van der Waals surface area contributed by atoms with Crippen LogP contribution in [0.3, 0.4) is 0 Å². The van der Waals surface area contributed by atoms with Crippen molar-refractivity contribution < 1.29 is 9.53 Å². The zero-order valence-electron chi connectivity index (χ0n) is 10.2. The van der Waals surface area contributed by atoms with E-state index in [1.807, 2.05) is 45.0 Å². The van der Waals surface area contributed by atoms with Crippen molar-refractivity contribution in [2.24, 2.45) is 5.41 Å². The molecular formula is C13H17NO2. The molecule has 1 atom stereocenters. The molecule has 3 nitrogen and oxygen atoms in total. The lowest BCUT2D eigenvalue weighted by Gasteiger charge is -2.38. The Morgan fingerprint density at radius 2 is 1.88 bits per heavy atom. The Labute approximate surface area is 96.0 Å². The van der Waals surface area contributed by atoms with Crippen LogP contribution in [0.5, 0.6) is 5.75 Å². The summed E-state index contributed by atoms with van der Waals surface area (Å²) in [5.41, 5.74) is 0.645. The van der Waals surface area contributed by atoms with Crippen LogP contribution in [0.1, 0.15) is 20.8 Å². The van der Waals surface area contributed by atoms with Crippen molar-refractivity contribution in [2.75, 3.05) is 11.9 Å². The normalized spacial score (nSPS) is 20.4. The number of carbonyl (C=O) groups is 1. The average molecular weight is 219 g/mol. The molecule has 1 aliphatic heterocycles. The Balaban J connectivity index is 2.44. The lowest BCUT2D eigenvalue weighted by Crippen LogP contribution is -2.50. The zero-order chi connectivity index (χ0) is 11.9. The number of ether oxygens (including phenoxy) is 1. The van der Waals surface area contributed by atoms with Gasteiger partial charge in [-0.3, -0.25) is 4.79 Å². The van der Waals surface area contributed by atoms with Gasteiger partial charge in [0.05, 0.1) is 5.69 Å². The van der Waals surface area contributed by atoms with Crippen molar-refractivity contribution in [2.45, 2.75) is 26.9 Å². The fourth-order valence-electron chi connectivity index (χ4n) is 1.85. The third kappa shape index (κ3) is 1.66. The second-order valence-corrected chi connectivity index (χ2v) is 5.23. The van der Waals surface area contributed by atoms with E-state index < -0.39 is 6.10 Å². The number of amides is 1. The van der Waals surface area contributed by atoms with Gasteiger partial charge in [-0.05, 0) is 12.1 Å². The minimum Gasteiger partial charge on any atom is -0.478 e. The molecule has 0 aliphatic carbocycles. The summed E-state index contributed by atoms with van der Waals surface area (Å²) in [7, 11) is 1.79. The minimum absolute atomic E-state index is 0.0196. The van der Waals surface area contributed by atoms with E-state index in [9.17, 15) is 4.79 Å². The van der Waals surface area contributed by atoms with Gasteiger partial charge in [0.15, 0.2) is 6.10 Å². The summed E-state index contributed by atoms with van der Waals surface area (Å²) in [6, 6.07) is 7.62. The number of anilines is 1. The first-order valence-electron chi connectivity index (χ1n) is 5.44. The largest absolute Gasteiger partial charge is 0.478 e. The first-order valence-corrected chi connectivity index (χ1v) is 5.44. The smallest absolute Gasteiger partial charge is 0.268 e. The van der Waals surface area contributed by atoms with Crippen LogP contribution < -0.4 is 9.64 Å². The fourth-order valence-corrected chi connectivity index (χ4v) is 1.85. The van der Waals surface area contributed by atoms with E-state index in [-0.39, 0.29) is 11.3 Å². The molecular weight excluding hydrogens is 202 g/mol. The molecule has 0 aromatic heterocycles. The van der Waals surface area contributed by atoms with Gasteiger partial charge in [0, 0.05) is 12.5 Å². The van der Waals surface area contributed by atoms with Crippen molar-refractivity contribution >= 4 is 11.6 Å². The number of likely N-dealkylation sites (N-methyl/N-ethyl adjacent to an activating group) is 1. The quantitative estimate of drug-likeness (QED) is 0.670. The van der Waals surface area contributed by atoms with Crippen molar-refractivity contribution in [3.8, 4) is 5.75 Å². The number of fused-ring (bicyclic) bond motifs is 1. The van der Waals surface area contributed by atoms with Crippen molar-refractivity contribution in [1.29, 1.82) is 0 Å². The Morgan fingerprint density at radius 1 is 1.25 bits per heavy atom. The molecule has 0 saturated carbocycles. The average Bonchev–Trinajstić information content (AvgIpc) is 2.22. The molecule has 0 radical (unpaired) electrons. The molecule has 0 fully saturated rings. The lowest BCUT2D eigenvalue weighted by atomic mass is 9.87. The van der Waals surface area contributed by atoms with E-state index in [2.05, 4.69) is 0 Å². The highest BCUT2D eigenvalue weighted by atomic mass is 16.5. The van der Waals surface area contributed by atoms with Crippen LogP contribution in [0.2, 0.25) is 0 Å². The molecule has 1 heterocycles. The maximum absolute atomic E-state index is 12.1. The summed E-state index contributed by atoms with van der Waals surface area (Å²) >= 11 is 0. The second-order valence-electron chi connectivity index (χ2n) is 5.23. The van der Waals surface area contributed by atoms with E-state index >= 15 is 0 Å². The van der Waals surface area contributed by atoms with E-state index in [4.69, 9.17) is 4.74 Å². The molecule has 0 spiro atoms. The Kier molecular flexibility index (Phi) is 2.41. The molecule has 0 N–H and O–H groups in total. The topological polar surface area (TPSA) is 29.5 Å². The van der Waals surface area contributed by atoms with Gasteiger partial charge in [-0.1, -0.05) is 32.9 Å². The number of para-hydroxylation sites is 2. The fraction of sp³-hybridized carbons (Fsp3) is 0.462. The molecule has 1 aromatic carbocycles. The van der Waals surface area contributed by atoms with E-state index in [0.717, 1.165) is 11.4 Å². The summed E-state index contributed by atoms with van der Waals surface area (Å²) in [5.74, 6) is 0.802. The first-order chi connectivity index (χ1) is 7.41. The van der Waals surface area contributed by atoms with Gasteiger partial charge >= 0.3 is 0 Å². The van der Waals surface area contributed by atoms with Gasteiger partial charge in [0.2, 0.25) is 0 Å². The van der Waals surface area contributed by atoms with Gasteiger partial charge < -0.3 is 9.64 Å². The maximum Gasteiger partial charge on any atom is 0.268 e. The SMILES string of the molecule is CN1C(=O)C(C(C)(C)C)Oc2ccccc21. The Hall–Kier alpha value is -1.51. The van der Waals surface area contributed by atoms with Crippen LogP contribution >= 0.6 is 0 Å². The lowest BCUT2D eigenvalue weighted by molar-refractivity contribution is -0.130. The summed E-state index contributed by atoms with van der Waals surface area (Å²) in [6.45, 7) is 6.03. The van der Waals surface area contributed by atoms with Gasteiger partial charge in [0.25, 0.3) is 5.91 Å². The number of benzene rings is 1. The summed E-state index contributed by atoms with van der Waals surface area (Å²) in [5, 5.41) is 0. The Morgan fingerprint density at radius 3 is 2.50 bits per heavy atom. The minimum atomic E-state index is -0.410. The first kappa shape index (κ1) is 11.0. The second kappa shape index (κ2) is 3.51. The van der Waals surface area contributed by atoms with Crippen molar-refractivity contribution in [1.82, 2.24) is 0 Å². The van der Waals surface area contributed by atoms with Gasteiger partial charge in [-0.2, -0.15) is 0 Å². The third-order valence-electron chi connectivity index (χ3n) is 2.81. The number of nitrogens with zero attached hydrogens (tertiary/aromatic N) is 1. The van der Waals surface area contributed by atoms with E-state index in [0.29, 0.717) is 0 Å². The molecule has 1 aromatic rings. The standard InChI is InChI=1S/C13H17NO2/c1-13(2,3)11-12(15)14(4)9-7-5-6-8-10(9)16-11/h5-8,11H,1-4H3. The Bertz CT molecular complexity index is 420. The number of hydrogen-bond donors (Lipinski definition) is 0. The molecule has 0 bridgehead atoms. The maximum atomic E-state index is 12.1. The van der Waals surface area contributed by atoms with Gasteiger partial charge in [0.1, 0.15) is 5.75 Å².